The van der Waals surface area contributed by atoms with Gasteiger partial charge in [-0.25, -0.2) is 4.39 Å². The molecule has 4 rings (SSSR count). The largest absolute Gasteiger partial charge is 0.326 e. The van der Waals surface area contributed by atoms with Gasteiger partial charge in [-0.2, -0.15) is 0 Å². The van der Waals surface area contributed by atoms with Crippen molar-refractivity contribution in [1.29, 1.82) is 0 Å². The smallest absolute Gasteiger partial charge is 0.227 e. The lowest BCUT2D eigenvalue weighted by Gasteiger charge is -2.29. The van der Waals surface area contributed by atoms with Gasteiger partial charge in [-0.3, -0.25) is 14.6 Å². The van der Waals surface area contributed by atoms with Gasteiger partial charge in [-0.15, -0.1) is 0 Å². The van der Waals surface area contributed by atoms with Crippen LogP contribution in [0.4, 0.5) is 15.8 Å². The second-order valence-electron chi connectivity index (χ2n) is 6.58. The van der Waals surface area contributed by atoms with E-state index < -0.39 is 5.82 Å². The van der Waals surface area contributed by atoms with Crippen molar-refractivity contribution in [3.63, 3.8) is 0 Å². The molecular weight excluding hydrogens is 321 g/mol. The maximum atomic E-state index is 14.2. The number of carbonyl (C=O) groups excluding carboxylic acids is 2. The molecule has 1 atom stereocenters. The zero-order valence-corrected chi connectivity index (χ0v) is 13.9. The summed E-state index contributed by atoms with van der Waals surface area (Å²) in [4.78, 5) is 29.8. The predicted octanol–water partition coefficient (Wildman–Crippen LogP) is 3.13. The van der Waals surface area contributed by atoms with Crippen LogP contribution in [-0.2, 0) is 9.59 Å². The van der Waals surface area contributed by atoms with Crippen LogP contribution >= 0.6 is 0 Å². The highest BCUT2D eigenvalue weighted by Gasteiger charge is 2.31. The Morgan fingerprint density at radius 1 is 1.28 bits per heavy atom. The molecule has 1 aromatic heterocycles. The van der Waals surface area contributed by atoms with Crippen LogP contribution in [0.15, 0.2) is 30.6 Å². The third kappa shape index (κ3) is 2.67. The molecule has 1 fully saturated rings. The van der Waals surface area contributed by atoms with E-state index in [4.69, 9.17) is 0 Å². The third-order valence-corrected chi connectivity index (χ3v) is 4.95. The van der Waals surface area contributed by atoms with Gasteiger partial charge in [0.25, 0.3) is 0 Å². The van der Waals surface area contributed by atoms with Crippen LogP contribution in [0.25, 0.3) is 0 Å². The van der Waals surface area contributed by atoms with Gasteiger partial charge in [0.15, 0.2) is 0 Å². The Hall–Kier alpha value is -2.76. The molecule has 25 heavy (non-hydrogen) atoms. The number of fused-ring (bicyclic) bond motifs is 1. The molecule has 6 heteroatoms. The number of hydrogen-bond acceptors (Lipinski definition) is 3. The molecule has 0 spiro atoms. The molecule has 3 heterocycles. The van der Waals surface area contributed by atoms with Gasteiger partial charge < -0.3 is 10.2 Å². The number of rotatable bonds is 2. The number of benzene rings is 1. The minimum absolute atomic E-state index is 0.0990. The van der Waals surface area contributed by atoms with Crippen LogP contribution < -0.4 is 10.2 Å². The Morgan fingerprint density at radius 3 is 2.84 bits per heavy atom. The van der Waals surface area contributed by atoms with E-state index in [9.17, 15) is 14.0 Å². The summed E-state index contributed by atoms with van der Waals surface area (Å²) < 4.78 is 14.2. The lowest BCUT2D eigenvalue weighted by atomic mass is 9.84. The van der Waals surface area contributed by atoms with Gasteiger partial charge in [-0.1, -0.05) is 6.07 Å². The Bertz CT molecular complexity index is 881. The van der Waals surface area contributed by atoms with E-state index in [0.717, 1.165) is 23.2 Å². The lowest BCUT2D eigenvalue weighted by molar-refractivity contribution is -0.117. The topological polar surface area (TPSA) is 62.3 Å². The van der Waals surface area contributed by atoms with E-state index >= 15 is 0 Å². The highest BCUT2D eigenvalue weighted by molar-refractivity contribution is 6.00. The van der Waals surface area contributed by atoms with Crippen LogP contribution in [0.2, 0.25) is 0 Å². The van der Waals surface area contributed by atoms with Crippen molar-refractivity contribution in [2.75, 3.05) is 16.8 Å². The zero-order valence-electron chi connectivity index (χ0n) is 13.9. The van der Waals surface area contributed by atoms with Crippen molar-refractivity contribution in [3.8, 4) is 0 Å². The Kier molecular flexibility index (Phi) is 3.75. The number of aromatic nitrogens is 1. The number of halogens is 1. The van der Waals surface area contributed by atoms with Crippen LogP contribution in [0.5, 0.6) is 0 Å². The lowest BCUT2D eigenvalue weighted by Crippen LogP contribution is -2.27. The van der Waals surface area contributed by atoms with E-state index in [-0.39, 0.29) is 24.2 Å². The van der Waals surface area contributed by atoms with Crippen molar-refractivity contribution < 1.29 is 14.0 Å². The first-order valence-corrected chi connectivity index (χ1v) is 8.39. The van der Waals surface area contributed by atoms with Crippen LogP contribution in [0.3, 0.4) is 0 Å². The van der Waals surface area contributed by atoms with E-state index in [0.29, 0.717) is 24.2 Å². The molecule has 2 aliphatic rings. The summed E-state index contributed by atoms with van der Waals surface area (Å²) in [7, 11) is 0. The minimum atomic E-state index is -0.412. The first kappa shape index (κ1) is 15.7. The SMILES string of the molecule is Cc1cc2c(cc1N1CCCC1=O)NC(=O)C[C@@H]2c1ccncc1F. The summed E-state index contributed by atoms with van der Waals surface area (Å²) in [6, 6.07) is 5.42. The second-order valence-corrected chi connectivity index (χ2v) is 6.58. The summed E-state index contributed by atoms with van der Waals surface area (Å²) in [5.41, 5.74) is 3.76. The van der Waals surface area contributed by atoms with E-state index in [2.05, 4.69) is 10.3 Å². The van der Waals surface area contributed by atoms with Crippen molar-refractivity contribution >= 4 is 23.2 Å². The number of amides is 2. The van der Waals surface area contributed by atoms with Crippen LogP contribution in [0.1, 0.15) is 41.9 Å². The molecule has 2 aromatic rings. The fourth-order valence-corrected chi connectivity index (χ4v) is 3.75. The molecule has 2 amide bonds. The van der Waals surface area contributed by atoms with Gasteiger partial charge in [-0.05, 0) is 42.2 Å². The Labute approximate surface area is 144 Å². The van der Waals surface area contributed by atoms with E-state index in [1.165, 1.54) is 12.4 Å². The molecule has 0 aliphatic carbocycles. The highest BCUT2D eigenvalue weighted by atomic mass is 19.1. The van der Waals surface area contributed by atoms with Gasteiger partial charge in [0.2, 0.25) is 11.8 Å². The first-order valence-electron chi connectivity index (χ1n) is 8.39. The number of anilines is 2. The first-order chi connectivity index (χ1) is 12.0. The maximum Gasteiger partial charge on any atom is 0.227 e. The van der Waals surface area contributed by atoms with Gasteiger partial charge in [0.1, 0.15) is 5.82 Å². The molecular formula is C19H18FN3O2. The fraction of sp³-hybridized carbons (Fsp3) is 0.316. The third-order valence-electron chi connectivity index (χ3n) is 4.95. The summed E-state index contributed by atoms with van der Waals surface area (Å²) in [6.45, 7) is 2.63. The number of hydrogen-bond donors (Lipinski definition) is 1. The molecule has 0 unspecified atom stereocenters. The minimum Gasteiger partial charge on any atom is -0.326 e. The molecule has 128 valence electrons. The average molecular weight is 339 g/mol. The van der Waals surface area contributed by atoms with Crippen molar-refractivity contribution in [2.24, 2.45) is 0 Å². The summed E-state index contributed by atoms with van der Waals surface area (Å²) >= 11 is 0. The molecule has 1 N–H and O–H groups in total. The van der Waals surface area contributed by atoms with Crippen molar-refractivity contribution in [2.45, 2.75) is 32.1 Å². The summed E-state index contributed by atoms with van der Waals surface area (Å²) in [5, 5.41) is 2.87. The van der Waals surface area contributed by atoms with Gasteiger partial charge in [0.05, 0.1) is 6.20 Å². The Balaban J connectivity index is 1.82. The number of carbonyl (C=O) groups is 2. The van der Waals surface area contributed by atoms with Crippen molar-refractivity contribution in [3.05, 3.63) is 53.1 Å². The number of nitrogens with one attached hydrogen (secondary N) is 1. The number of nitrogens with zero attached hydrogens (tertiary/aromatic N) is 2. The standard InChI is InChI=1S/C19H18FN3O2/c1-11-7-14-13(12-4-5-21-10-15(12)20)8-18(24)22-16(14)9-17(11)23-6-2-3-19(23)25/h4-5,7,9-10,13H,2-3,6,8H2,1H3,(H,22,24)/t13-/m1/s1. The van der Waals surface area contributed by atoms with E-state index in [1.807, 2.05) is 19.1 Å². The summed E-state index contributed by atoms with van der Waals surface area (Å²) in [6.07, 6.45) is 4.29. The fourth-order valence-electron chi connectivity index (χ4n) is 3.75. The second kappa shape index (κ2) is 5.95. The predicted molar refractivity (Wildman–Crippen MR) is 92.1 cm³/mol. The quantitative estimate of drug-likeness (QED) is 0.914. The number of aryl methyl sites for hydroxylation is 1. The Morgan fingerprint density at radius 2 is 2.12 bits per heavy atom. The summed E-state index contributed by atoms with van der Waals surface area (Å²) in [5.74, 6) is -0.823. The molecule has 5 nitrogen and oxygen atoms in total. The van der Waals surface area contributed by atoms with Crippen molar-refractivity contribution in [1.82, 2.24) is 4.98 Å². The molecule has 1 saturated heterocycles. The molecule has 1 aromatic carbocycles. The average Bonchev–Trinajstić information content (AvgIpc) is 3.00. The highest BCUT2D eigenvalue weighted by Crippen LogP contribution is 2.41. The van der Waals surface area contributed by atoms with Crippen LogP contribution in [-0.4, -0.2) is 23.3 Å². The molecule has 0 saturated carbocycles. The van der Waals surface area contributed by atoms with Gasteiger partial charge >= 0.3 is 0 Å². The normalized spacial score (nSPS) is 19.8. The van der Waals surface area contributed by atoms with Crippen LogP contribution in [0, 0.1) is 12.7 Å². The monoisotopic (exact) mass is 339 g/mol. The van der Waals surface area contributed by atoms with Gasteiger partial charge in [0, 0.05) is 42.9 Å². The molecule has 0 bridgehead atoms. The maximum absolute atomic E-state index is 14.2. The number of pyridine rings is 1. The zero-order chi connectivity index (χ0) is 17.6. The van der Waals surface area contributed by atoms with E-state index in [1.54, 1.807) is 11.0 Å². The molecule has 0 radical (unpaired) electrons. The molecule has 2 aliphatic heterocycles.